The molecule has 6 heteroatoms. The van der Waals surface area contributed by atoms with E-state index in [-0.39, 0.29) is 23.5 Å². The summed E-state index contributed by atoms with van der Waals surface area (Å²) in [6.45, 7) is 0. The SMILES string of the molecule is O=C(O)CCCc1ccc(NC(=O)c2c(O)cccc2O)cc1. The number of nitrogens with one attached hydrogen (secondary N) is 1. The van der Waals surface area contributed by atoms with Crippen molar-refractivity contribution in [2.24, 2.45) is 0 Å². The average molecular weight is 315 g/mol. The Kier molecular flexibility index (Phi) is 5.19. The minimum absolute atomic E-state index is 0.116. The van der Waals surface area contributed by atoms with E-state index in [2.05, 4.69) is 5.32 Å². The Morgan fingerprint density at radius 3 is 2.13 bits per heavy atom. The van der Waals surface area contributed by atoms with Crippen molar-refractivity contribution in [1.82, 2.24) is 0 Å². The smallest absolute Gasteiger partial charge is 0.303 e. The molecule has 23 heavy (non-hydrogen) atoms. The molecule has 0 spiro atoms. The van der Waals surface area contributed by atoms with Gasteiger partial charge in [0.2, 0.25) is 0 Å². The summed E-state index contributed by atoms with van der Waals surface area (Å²) < 4.78 is 0. The van der Waals surface area contributed by atoms with Gasteiger partial charge in [0.15, 0.2) is 0 Å². The molecule has 0 heterocycles. The van der Waals surface area contributed by atoms with Crippen molar-refractivity contribution in [3.05, 3.63) is 53.6 Å². The molecule has 2 rings (SSSR count). The first-order valence-corrected chi connectivity index (χ1v) is 7.10. The Morgan fingerprint density at radius 1 is 0.957 bits per heavy atom. The van der Waals surface area contributed by atoms with Crippen LogP contribution in [0.1, 0.15) is 28.8 Å². The number of carbonyl (C=O) groups excluding carboxylic acids is 1. The number of hydrogen-bond donors (Lipinski definition) is 4. The highest BCUT2D eigenvalue weighted by Gasteiger charge is 2.16. The molecule has 0 atom stereocenters. The topological polar surface area (TPSA) is 107 Å². The third kappa shape index (κ3) is 4.47. The summed E-state index contributed by atoms with van der Waals surface area (Å²) in [5, 5.41) is 30.5. The fourth-order valence-corrected chi connectivity index (χ4v) is 2.15. The van der Waals surface area contributed by atoms with Gasteiger partial charge in [0.25, 0.3) is 5.91 Å². The molecule has 0 radical (unpaired) electrons. The molecule has 120 valence electrons. The van der Waals surface area contributed by atoms with Crippen LogP contribution in [0.15, 0.2) is 42.5 Å². The molecule has 0 unspecified atom stereocenters. The molecule has 0 aliphatic heterocycles. The normalized spacial score (nSPS) is 10.3. The van der Waals surface area contributed by atoms with Crippen molar-refractivity contribution in [2.45, 2.75) is 19.3 Å². The van der Waals surface area contributed by atoms with Crippen molar-refractivity contribution < 1.29 is 24.9 Å². The monoisotopic (exact) mass is 315 g/mol. The van der Waals surface area contributed by atoms with Gasteiger partial charge in [0, 0.05) is 12.1 Å². The predicted molar refractivity (Wildman–Crippen MR) is 84.7 cm³/mol. The van der Waals surface area contributed by atoms with Crippen LogP contribution >= 0.6 is 0 Å². The lowest BCUT2D eigenvalue weighted by atomic mass is 10.1. The number of phenols is 2. The van der Waals surface area contributed by atoms with Gasteiger partial charge in [0.1, 0.15) is 17.1 Å². The molecule has 0 aromatic heterocycles. The van der Waals surface area contributed by atoms with E-state index >= 15 is 0 Å². The van der Waals surface area contributed by atoms with Crippen LogP contribution in [0.3, 0.4) is 0 Å². The van der Waals surface area contributed by atoms with Crippen molar-refractivity contribution in [1.29, 1.82) is 0 Å². The van der Waals surface area contributed by atoms with Gasteiger partial charge in [-0.25, -0.2) is 0 Å². The predicted octanol–water partition coefficient (Wildman–Crippen LogP) is 2.76. The number of carboxylic acids is 1. The molecule has 0 aliphatic rings. The van der Waals surface area contributed by atoms with Crippen LogP contribution < -0.4 is 5.32 Å². The van der Waals surface area contributed by atoms with Crippen LogP contribution in [0.25, 0.3) is 0 Å². The quantitative estimate of drug-likeness (QED) is 0.656. The van der Waals surface area contributed by atoms with Gasteiger partial charge in [-0.1, -0.05) is 18.2 Å². The third-order valence-electron chi connectivity index (χ3n) is 3.32. The lowest BCUT2D eigenvalue weighted by Crippen LogP contribution is -2.12. The minimum Gasteiger partial charge on any atom is -0.507 e. The maximum Gasteiger partial charge on any atom is 0.303 e. The van der Waals surface area contributed by atoms with E-state index in [0.717, 1.165) is 5.56 Å². The number of carbonyl (C=O) groups is 2. The Labute approximate surface area is 133 Å². The van der Waals surface area contributed by atoms with Crippen molar-refractivity contribution >= 4 is 17.6 Å². The fourth-order valence-electron chi connectivity index (χ4n) is 2.15. The number of rotatable bonds is 6. The number of phenolic OH excluding ortho intramolecular Hbond substituents is 2. The molecule has 0 aliphatic carbocycles. The van der Waals surface area contributed by atoms with Gasteiger partial charge in [-0.05, 0) is 42.7 Å². The molecule has 0 bridgehead atoms. The van der Waals surface area contributed by atoms with E-state index in [4.69, 9.17) is 5.11 Å². The third-order valence-corrected chi connectivity index (χ3v) is 3.32. The number of aryl methyl sites for hydroxylation is 1. The highest BCUT2D eigenvalue weighted by atomic mass is 16.4. The number of anilines is 1. The van der Waals surface area contributed by atoms with E-state index in [1.54, 1.807) is 24.3 Å². The number of aromatic hydroxyl groups is 2. The second-order valence-electron chi connectivity index (χ2n) is 5.07. The highest BCUT2D eigenvalue weighted by molar-refractivity contribution is 6.08. The lowest BCUT2D eigenvalue weighted by Gasteiger charge is -2.09. The highest BCUT2D eigenvalue weighted by Crippen LogP contribution is 2.27. The van der Waals surface area contributed by atoms with Crippen LogP contribution in [0.2, 0.25) is 0 Å². The summed E-state index contributed by atoms with van der Waals surface area (Å²) >= 11 is 0. The first kappa shape index (κ1) is 16.4. The molecule has 1 amide bonds. The van der Waals surface area contributed by atoms with Crippen molar-refractivity contribution in [3.8, 4) is 11.5 Å². The molecule has 4 N–H and O–H groups in total. The molecule has 0 saturated carbocycles. The number of benzene rings is 2. The van der Waals surface area contributed by atoms with Gasteiger partial charge in [-0.15, -0.1) is 0 Å². The zero-order valence-electron chi connectivity index (χ0n) is 12.3. The summed E-state index contributed by atoms with van der Waals surface area (Å²) in [5.74, 6) is -2.03. The van der Waals surface area contributed by atoms with Crippen molar-refractivity contribution in [3.63, 3.8) is 0 Å². The Bertz CT molecular complexity index is 689. The van der Waals surface area contributed by atoms with Gasteiger partial charge < -0.3 is 20.6 Å². The van der Waals surface area contributed by atoms with Gasteiger partial charge in [-0.3, -0.25) is 9.59 Å². The standard InChI is InChI=1S/C17H17NO5/c19-13-4-2-5-14(20)16(13)17(23)18-12-9-7-11(8-10-12)3-1-6-15(21)22/h2,4-5,7-10,19-20H,1,3,6H2,(H,18,23)(H,21,22). The number of hydrogen-bond acceptors (Lipinski definition) is 4. The summed E-state index contributed by atoms with van der Waals surface area (Å²) in [5.41, 5.74) is 1.30. The molecule has 0 saturated heterocycles. The first-order valence-electron chi connectivity index (χ1n) is 7.10. The number of carboxylic acid groups (broad SMARTS) is 1. The first-order chi connectivity index (χ1) is 11.0. The fraction of sp³-hybridized carbons (Fsp3) is 0.176. The zero-order valence-corrected chi connectivity index (χ0v) is 12.3. The number of aliphatic carboxylic acids is 1. The zero-order chi connectivity index (χ0) is 16.8. The van der Waals surface area contributed by atoms with Crippen LogP contribution in [-0.4, -0.2) is 27.2 Å². The van der Waals surface area contributed by atoms with Crippen LogP contribution in [0, 0.1) is 0 Å². The summed E-state index contributed by atoms with van der Waals surface area (Å²) in [6, 6.07) is 11.0. The van der Waals surface area contributed by atoms with Crippen LogP contribution in [-0.2, 0) is 11.2 Å². The Hall–Kier alpha value is -3.02. The van der Waals surface area contributed by atoms with Gasteiger partial charge >= 0.3 is 5.97 Å². The second kappa shape index (κ2) is 7.31. The summed E-state index contributed by atoms with van der Waals surface area (Å²) in [6.07, 6.45) is 1.30. The van der Waals surface area contributed by atoms with Crippen LogP contribution in [0.5, 0.6) is 11.5 Å². The molecule has 0 fully saturated rings. The van der Waals surface area contributed by atoms with Gasteiger partial charge in [-0.2, -0.15) is 0 Å². The molecular formula is C17H17NO5. The van der Waals surface area contributed by atoms with E-state index in [1.807, 2.05) is 0 Å². The molecular weight excluding hydrogens is 298 g/mol. The maximum absolute atomic E-state index is 12.1. The Balaban J connectivity index is 2.00. The summed E-state index contributed by atoms with van der Waals surface area (Å²) in [4.78, 5) is 22.6. The number of amides is 1. The minimum atomic E-state index is -0.823. The van der Waals surface area contributed by atoms with Gasteiger partial charge in [0.05, 0.1) is 0 Å². The van der Waals surface area contributed by atoms with Crippen LogP contribution in [0.4, 0.5) is 5.69 Å². The second-order valence-corrected chi connectivity index (χ2v) is 5.07. The van der Waals surface area contributed by atoms with E-state index in [0.29, 0.717) is 18.5 Å². The largest absolute Gasteiger partial charge is 0.507 e. The summed E-state index contributed by atoms with van der Waals surface area (Å²) in [7, 11) is 0. The van der Waals surface area contributed by atoms with E-state index in [9.17, 15) is 19.8 Å². The average Bonchev–Trinajstić information content (AvgIpc) is 2.48. The van der Waals surface area contributed by atoms with Crippen molar-refractivity contribution in [2.75, 3.05) is 5.32 Å². The molecule has 2 aromatic carbocycles. The Morgan fingerprint density at radius 2 is 1.57 bits per heavy atom. The van der Waals surface area contributed by atoms with E-state index < -0.39 is 11.9 Å². The molecule has 6 nitrogen and oxygen atoms in total. The molecule has 2 aromatic rings. The van der Waals surface area contributed by atoms with E-state index in [1.165, 1.54) is 18.2 Å². The lowest BCUT2D eigenvalue weighted by molar-refractivity contribution is -0.137. The maximum atomic E-state index is 12.1.